The predicted octanol–water partition coefficient (Wildman–Crippen LogP) is 3.22. The highest BCUT2D eigenvalue weighted by atomic mass is 32.2. The topological polar surface area (TPSA) is 71.4 Å². The highest BCUT2D eigenvalue weighted by Gasteiger charge is 2.31. The number of aryl methyl sites for hydroxylation is 1. The van der Waals surface area contributed by atoms with Gasteiger partial charge in [-0.25, -0.2) is 8.42 Å². The average Bonchev–Trinajstić information content (AvgIpc) is 2.91. The fourth-order valence-electron chi connectivity index (χ4n) is 3.05. The van der Waals surface area contributed by atoms with E-state index >= 15 is 0 Å². The molecule has 3 aromatic rings. The largest absolute Gasteiger partial charge is 0.263 e. The van der Waals surface area contributed by atoms with Gasteiger partial charge >= 0.3 is 0 Å². The van der Waals surface area contributed by atoms with E-state index in [0.29, 0.717) is 11.4 Å². The molecule has 0 saturated heterocycles. The van der Waals surface area contributed by atoms with Gasteiger partial charge in [-0.15, -0.1) is 0 Å². The maximum Gasteiger partial charge on any atom is 0.263 e. The summed E-state index contributed by atoms with van der Waals surface area (Å²) in [4.78, 5) is 9.45. The lowest BCUT2D eigenvalue weighted by atomic mass is 10.0. The standard InChI is InChI=1S/C20H17N3O2S/c1-14-7-6-8-15(13-14)19(17-10-4-5-12-21-17)22-20-16-9-2-3-11-18(16)26(24,25)23-20/h2-13,19H,1H3,(H,22,23). The molecular formula is C20H17N3O2S. The zero-order valence-corrected chi connectivity index (χ0v) is 14.9. The molecule has 1 aliphatic rings. The van der Waals surface area contributed by atoms with E-state index in [1.54, 1.807) is 30.5 Å². The van der Waals surface area contributed by atoms with E-state index in [0.717, 1.165) is 16.8 Å². The van der Waals surface area contributed by atoms with Gasteiger partial charge in [-0.3, -0.25) is 14.7 Å². The van der Waals surface area contributed by atoms with E-state index in [1.807, 2.05) is 49.4 Å². The van der Waals surface area contributed by atoms with Crippen LogP contribution < -0.4 is 4.72 Å². The minimum Gasteiger partial charge on any atom is -0.263 e. The maximum atomic E-state index is 12.4. The molecule has 1 atom stereocenters. The van der Waals surface area contributed by atoms with Crippen LogP contribution in [0, 0.1) is 6.92 Å². The number of pyridine rings is 1. The summed E-state index contributed by atoms with van der Waals surface area (Å²) in [5.74, 6) is 0.345. The quantitative estimate of drug-likeness (QED) is 0.777. The van der Waals surface area contributed by atoms with Crippen molar-refractivity contribution in [3.63, 3.8) is 0 Å². The number of rotatable bonds is 3. The molecule has 0 bridgehead atoms. The van der Waals surface area contributed by atoms with Gasteiger partial charge in [-0.2, -0.15) is 0 Å². The minimum atomic E-state index is -3.57. The number of benzene rings is 2. The van der Waals surface area contributed by atoms with Crippen LogP contribution >= 0.6 is 0 Å². The highest BCUT2D eigenvalue weighted by molar-refractivity contribution is 7.90. The van der Waals surface area contributed by atoms with Gasteiger partial charge in [-0.05, 0) is 36.8 Å². The van der Waals surface area contributed by atoms with Crippen LogP contribution in [0.4, 0.5) is 0 Å². The van der Waals surface area contributed by atoms with E-state index < -0.39 is 16.1 Å². The second-order valence-corrected chi connectivity index (χ2v) is 7.80. The number of aromatic nitrogens is 1. The molecule has 1 N–H and O–H groups in total. The number of hydrogen-bond acceptors (Lipinski definition) is 4. The molecule has 2 aromatic carbocycles. The number of sulfonamides is 1. The van der Waals surface area contributed by atoms with Gasteiger partial charge in [0, 0.05) is 11.8 Å². The Labute approximate surface area is 152 Å². The normalized spacial score (nSPS) is 17.5. The summed E-state index contributed by atoms with van der Waals surface area (Å²) in [5, 5.41) is 0. The van der Waals surface area contributed by atoms with Crippen molar-refractivity contribution < 1.29 is 8.42 Å². The van der Waals surface area contributed by atoms with Crippen molar-refractivity contribution in [3.8, 4) is 0 Å². The van der Waals surface area contributed by atoms with Crippen LogP contribution in [0.1, 0.15) is 28.4 Å². The molecule has 1 aromatic heterocycles. The first kappa shape index (κ1) is 16.5. The van der Waals surface area contributed by atoms with Crippen LogP contribution in [0.25, 0.3) is 0 Å². The van der Waals surface area contributed by atoms with Crippen LogP contribution in [-0.4, -0.2) is 19.2 Å². The first-order valence-electron chi connectivity index (χ1n) is 8.22. The van der Waals surface area contributed by atoms with Crippen LogP contribution in [0.5, 0.6) is 0 Å². The second-order valence-electron chi connectivity index (χ2n) is 6.15. The lowest BCUT2D eigenvalue weighted by Gasteiger charge is -2.14. The summed E-state index contributed by atoms with van der Waals surface area (Å²) in [5.41, 5.74) is 3.41. The molecule has 1 unspecified atom stereocenters. The Hall–Kier alpha value is -2.99. The third kappa shape index (κ3) is 2.99. The van der Waals surface area contributed by atoms with E-state index in [1.165, 1.54) is 0 Å². The van der Waals surface area contributed by atoms with E-state index in [-0.39, 0.29) is 4.90 Å². The van der Waals surface area contributed by atoms with E-state index in [2.05, 4.69) is 9.71 Å². The molecule has 26 heavy (non-hydrogen) atoms. The summed E-state index contributed by atoms with van der Waals surface area (Å²) >= 11 is 0. The Morgan fingerprint density at radius 1 is 1.00 bits per heavy atom. The van der Waals surface area contributed by atoms with Crippen molar-refractivity contribution in [2.75, 3.05) is 0 Å². The molecule has 0 aliphatic carbocycles. The van der Waals surface area contributed by atoms with E-state index in [4.69, 9.17) is 4.99 Å². The first-order chi connectivity index (χ1) is 12.5. The zero-order chi connectivity index (χ0) is 18.1. The lowest BCUT2D eigenvalue weighted by molar-refractivity contribution is 0.595. The number of aliphatic imine (C=N–C) groups is 1. The number of amidine groups is 1. The third-order valence-corrected chi connectivity index (χ3v) is 5.64. The molecule has 5 nitrogen and oxygen atoms in total. The van der Waals surface area contributed by atoms with Crippen LogP contribution in [0.15, 0.2) is 82.8 Å². The molecule has 130 valence electrons. The van der Waals surface area contributed by atoms with Crippen molar-refractivity contribution in [2.45, 2.75) is 17.9 Å². The van der Waals surface area contributed by atoms with Gasteiger partial charge in [0.1, 0.15) is 11.9 Å². The zero-order valence-electron chi connectivity index (χ0n) is 14.1. The summed E-state index contributed by atoms with van der Waals surface area (Å²) in [7, 11) is -3.57. The Balaban J connectivity index is 1.88. The van der Waals surface area contributed by atoms with Gasteiger partial charge in [0.25, 0.3) is 10.0 Å². The number of nitrogens with one attached hydrogen (secondary N) is 1. The van der Waals surface area contributed by atoms with Crippen LogP contribution in [0.3, 0.4) is 0 Å². The molecular weight excluding hydrogens is 346 g/mol. The molecule has 0 saturated carbocycles. The lowest BCUT2D eigenvalue weighted by Crippen LogP contribution is -2.23. The molecule has 0 fully saturated rings. The Bertz CT molecular complexity index is 1090. The Kier molecular flexibility index (Phi) is 4.05. The van der Waals surface area contributed by atoms with Gasteiger partial charge in [0.05, 0.1) is 10.6 Å². The van der Waals surface area contributed by atoms with Crippen molar-refractivity contribution in [1.82, 2.24) is 9.71 Å². The molecule has 0 spiro atoms. The third-order valence-electron chi connectivity index (χ3n) is 4.25. The summed E-state index contributed by atoms with van der Waals surface area (Å²) in [6.07, 6.45) is 1.71. The van der Waals surface area contributed by atoms with Crippen molar-refractivity contribution in [3.05, 3.63) is 95.3 Å². The number of hydrogen-bond donors (Lipinski definition) is 1. The molecule has 6 heteroatoms. The maximum absolute atomic E-state index is 12.4. The fraction of sp³-hybridized carbons (Fsp3) is 0.100. The predicted molar refractivity (Wildman–Crippen MR) is 101 cm³/mol. The molecule has 2 heterocycles. The minimum absolute atomic E-state index is 0.253. The number of fused-ring (bicyclic) bond motifs is 1. The first-order valence-corrected chi connectivity index (χ1v) is 9.70. The van der Waals surface area contributed by atoms with Gasteiger partial charge in [-0.1, -0.05) is 48.0 Å². The smallest absolute Gasteiger partial charge is 0.263 e. The molecule has 4 rings (SSSR count). The van der Waals surface area contributed by atoms with Gasteiger partial charge in [0.2, 0.25) is 0 Å². The SMILES string of the molecule is Cc1cccc(C(N=C2NS(=O)(=O)c3ccccc32)c2ccccn2)c1. The Morgan fingerprint density at radius 3 is 2.58 bits per heavy atom. The van der Waals surface area contributed by atoms with E-state index in [9.17, 15) is 8.42 Å². The number of nitrogens with zero attached hydrogens (tertiary/aromatic N) is 2. The van der Waals surface area contributed by atoms with Gasteiger partial charge < -0.3 is 0 Å². The molecule has 0 radical (unpaired) electrons. The van der Waals surface area contributed by atoms with Crippen LogP contribution in [-0.2, 0) is 10.0 Å². The summed E-state index contributed by atoms with van der Waals surface area (Å²) in [6.45, 7) is 2.01. The molecule has 0 amide bonds. The van der Waals surface area contributed by atoms with Crippen molar-refractivity contribution in [1.29, 1.82) is 0 Å². The van der Waals surface area contributed by atoms with Crippen molar-refractivity contribution >= 4 is 15.9 Å². The Morgan fingerprint density at radius 2 is 1.81 bits per heavy atom. The fourth-order valence-corrected chi connectivity index (χ4v) is 4.29. The van der Waals surface area contributed by atoms with Crippen molar-refractivity contribution in [2.24, 2.45) is 4.99 Å². The average molecular weight is 363 g/mol. The highest BCUT2D eigenvalue weighted by Crippen LogP contribution is 2.29. The summed E-state index contributed by atoms with van der Waals surface area (Å²) < 4.78 is 27.3. The van der Waals surface area contributed by atoms with Crippen LogP contribution in [0.2, 0.25) is 0 Å². The summed E-state index contributed by atoms with van der Waals surface area (Å²) in [6, 6.07) is 20.1. The second kappa shape index (κ2) is 6.38. The monoisotopic (exact) mass is 363 g/mol. The van der Waals surface area contributed by atoms with Gasteiger partial charge in [0.15, 0.2) is 0 Å². The molecule has 1 aliphatic heterocycles.